The van der Waals surface area contributed by atoms with Gasteiger partial charge in [-0.15, -0.1) is 0 Å². The lowest BCUT2D eigenvalue weighted by molar-refractivity contribution is -0.136. The van der Waals surface area contributed by atoms with Gasteiger partial charge < -0.3 is 20.1 Å². The molecule has 2 amide bonds. The zero-order valence-corrected chi connectivity index (χ0v) is 16.0. The minimum Gasteiger partial charge on any atom is -0.494 e. The predicted octanol–water partition coefficient (Wildman–Crippen LogP) is 3.41. The van der Waals surface area contributed by atoms with Gasteiger partial charge in [-0.25, -0.2) is 9.59 Å². The number of urea groups is 1. The Balaban J connectivity index is 2.59. The van der Waals surface area contributed by atoms with Crippen LogP contribution in [-0.2, 0) is 9.53 Å². The monoisotopic (exact) mass is 446 g/mol. The maximum absolute atomic E-state index is 12.2. The summed E-state index contributed by atoms with van der Waals surface area (Å²) in [4.78, 5) is 24.1. The van der Waals surface area contributed by atoms with Crippen molar-refractivity contribution in [3.8, 4) is 5.75 Å². The van der Waals surface area contributed by atoms with Crippen LogP contribution in [0.2, 0.25) is 0 Å². The van der Waals surface area contributed by atoms with Gasteiger partial charge in [0.25, 0.3) is 0 Å². The zero-order chi connectivity index (χ0) is 17.1. The summed E-state index contributed by atoms with van der Waals surface area (Å²) < 4.78 is 11.6. The minimum absolute atomic E-state index is 0.359. The predicted molar refractivity (Wildman–Crippen MR) is 92.1 cm³/mol. The first-order chi connectivity index (χ1) is 10.9. The first-order valence-corrected chi connectivity index (χ1v) is 8.43. The van der Waals surface area contributed by atoms with Crippen LogP contribution in [0.4, 0.5) is 4.79 Å². The molecule has 0 saturated carbocycles. The van der Waals surface area contributed by atoms with E-state index in [1.165, 1.54) is 7.11 Å². The van der Waals surface area contributed by atoms with Crippen molar-refractivity contribution in [2.24, 2.45) is 0 Å². The number of carbonyl (C=O) groups is 2. The number of carbonyl (C=O) groups excluding carboxylic acids is 2. The lowest BCUT2D eigenvalue weighted by Gasteiger charge is -2.29. The number of esters is 1. The molecule has 0 saturated heterocycles. The molecule has 124 valence electrons. The minimum atomic E-state index is -0.607. The molecule has 1 aliphatic heterocycles. The first-order valence-electron chi connectivity index (χ1n) is 6.84. The summed E-state index contributed by atoms with van der Waals surface area (Å²) in [5.41, 5.74) is 1.66. The van der Waals surface area contributed by atoms with Crippen molar-refractivity contribution in [3.05, 3.63) is 37.9 Å². The van der Waals surface area contributed by atoms with Crippen molar-refractivity contribution in [1.29, 1.82) is 0 Å². The Kier molecular flexibility index (Phi) is 5.69. The van der Waals surface area contributed by atoms with E-state index in [2.05, 4.69) is 42.5 Å². The molecule has 1 unspecified atom stereocenters. The third-order valence-electron chi connectivity index (χ3n) is 3.47. The molecule has 0 fully saturated rings. The molecule has 6 nitrogen and oxygen atoms in total. The Bertz CT molecular complexity index is 665. The molecule has 8 heteroatoms. The lowest BCUT2D eigenvalue weighted by Crippen LogP contribution is -2.45. The smallest absolute Gasteiger partial charge is 0.337 e. The van der Waals surface area contributed by atoms with Crippen molar-refractivity contribution in [2.45, 2.75) is 19.4 Å². The molecular weight excluding hydrogens is 432 g/mol. The van der Waals surface area contributed by atoms with Gasteiger partial charge in [-0.3, -0.25) is 0 Å². The largest absolute Gasteiger partial charge is 0.494 e. The fraction of sp³-hybridized carbons (Fsp3) is 0.333. The van der Waals surface area contributed by atoms with Crippen molar-refractivity contribution < 1.29 is 19.1 Å². The van der Waals surface area contributed by atoms with E-state index in [-0.39, 0.29) is 6.03 Å². The van der Waals surface area contributed by atoms with Crippen LogP contribution in [0.5, 0.6) is 5.75 Å². The van der Waals surface area contributed by atoms with E-state index in [1.54, 1.807) is 19.2 Å². The van der Waals surface area contributed by atoms with Gasteiger partial charge >= 0.3 is 12.0 Å². The first kappa shape index (κ1) is 17.8. The molecule has 0 bridgehead atoms. The van der Waals surface area contributed by atoms with Crippen LogP contribution in [0.1, 0.15) is 24.9 Å². The molecule has 1 atom stereocenters. The van der Waals surface area contributed by atoms with Crippen LogP contribution in [0.3, 0.4) is 0 Å². The Morgan fingerprint density at radius 1 is 1.26 bits per heavy atom. The normalized spacial score (nSPS) is 17.4. The number of ether oxygens (including phenoxy) is 2. The number of halogens is 2. The molecule has 1 aromatic rings. The number of methoxy groups -OCH3 is 2. The number of rotatable bonds is 4. The van der Waals surface area contributed by atoms with Crippen LogP contribution < -0.4 is 15.4 Å². The van der Waals surface area contributed by atoms with Gasteiger partial charge in [-0.05, 0) is 56.0 Å². The third kappa shape index (κ3) is 3.53. The molecule has 1 heterocycles. The summed E-state index contributed by atoms with van der Waals surface area (Å²) in [5.74, 6) is 0.149. The summed E-state index contributed by atoms with van der Waals surface area (Å²) in [6, 6.07) is 2.64. The Labute approximate surface area is 150 Å². The fourth-order valence-corrected chi connectivity index (χ4v) is 3.98. The zero-order valence-electron chi connectivity index (χ0n) is 12.8. The molecule has 0 aromatic heterocycles. The van der Waals surface area contributed by atoms with E-state index in [4.69, 9.17) is 9.47 Å². The number of hydrogen-bond acceptors (Lipinski definition) is 4. The molecular formula is C15H16Br2N2O4. The number of hydrogen-bond donors (Lipinski definition) is 2. The van der Waals surface area contributed by atoms with Gasteiger partial charge in [-0.2, -0.15) is 0 Å². The molecule has 1 aliphatic rings. The molecule has 2 N–H and O–H groups in total. The average Bonchev–Trinajstić information content (AvgIpc) is 2.52. The second-order valence-electron chi connectivity index (χ2n) is 4.79. The van der Waals surface area contributed by atoms with E-state index in [0.29, 0.717) is 32.4 Å². The SMILES string of the molecule is CCC1=C(C(=O)OC)C(c2cc(Br)c(OC)c(Br)c2)NC(=O)N1. The van der Waals surface area contributed by atoms with Crippen LogP contribution in [0.25, 0.3) is 0 Å². The molecule has 0 spiro atoms. The molecule has 0 radical (unpaired) electrons. The maximum atomic E-state index is 12.2. The van der Waals surface area contributed by atoms with Gasteiger partial charge in [0, 0.05) is 5.70 Å². The molecule has 2 rings (SSSR count). The van der Waals surface area contributed by atoms with Gasteiger partial charge in [0.15, 0.2) is 0 Å². The summed E-state index contributed by atoms with van der Waals surface area (Å²) in [7, 11) is 2.88. The number of allylic oxidation sites excluding steroid dienone is 1. The summed E-state index contributed by atoms with van der Waals surface area (Å²) in [6.07, 6.45) is 0.507. The average molecular weight is 448 g/mol. The summed E-state index contributed by atoms with van der Waals surface area (Å²) in [5, 5.41) is 5.43. The number of nitrogens with one attached hydrogen (secondary N) is 2. The molecule has 1 aromatic carbocycles. The highest BCUT2D eigenvalue weighted by Gasteiger charge is 2.33. The van der Waals surface area contributed by atoms with Gasteiger partial charge in [0.05, 0.1) is 34.8 Å². The van der Waals surface area contributed by atoms with E-state index in [0.717, 1.165) is 5.56 Å². The van der Waals surface area contributed by atoms with E-state index in [9.17, 15) is 9.59 Å². The number of amides is 2. The Morgan fingerprint density at radius 3 is 2.35 bits per heavy atom. The Morgan fingerprint density at radius 2 is 1.87 bits per heavy atom. The highest BCUT2D eigenvalue weighted by Crippen LogP contribution is 2.38. The Hall–Kier alpha value is -1.54. The topological polar surface area (TPSA) is 76.7 Å². The van der Waals surface area contributed by atoms with Gasteiger partial charge in [-0.1, -0.05) is 6.92 Å². The maximum Gasteiger partial charge on any atom is 0.337 e. The highest BCUT2D eigenvalue weighted by atomic mass is 79.9. The van der Waals surface area contributed by atoms with E-state index < -0.39 is 12.0 Å². The van der Waals surface area contributed by atoms with Crippen LogP contribution in [0, 0.1) is 0 Å². The third-order valence-corrected chi connectivity index (χ3v) is 4.65. The van der Waals surface area contributed by atoms with Crippen molar-refractivity contribution in [3.63, 3.8) is 0 Å². The van der Waals surface area contributed by atoms with E-state index in [1.807, 2.05) is 6.92 Å². The van der Waals surface area contributed by atoms with Gasteiger partial charge in [0.2, 0.25) is 0 Å². The highest BCUT2D eigenvalue weighted by molar-refractivity contribution is 9.11. The second-order valence-corrected chi connectivity index (χ2v) is 6.50. The summed E-state index contributed by atoms with van der Waals surface area (Å²) >= 11 is 6.86. The lowest BCUT2D eigenvalue weighted by atomic mass is 9.94. The van der Waals surface area contributed by atoms with Crippen LogP contribution >= 0.6 is 31.9 Å². The molecule has 23 heavy (non-hydrogen) atoms. The standard InChI is InChI=1S/C15H16Br2N2O4/c1-4-10-11(14(20)23-3)12(19-15(21)18-10)7-5-8(16)13(22-2)9(17)6-7/h5-6,12H,4H2,1-3H3,(H2,18,19,21). The number of benzene rings is 1. The van der Waals surface area contributed by atoms with Gasteiger partial charge in [0.1, 0.15) is 5.75 Å². The fourth-order valence-electron chi connectivity index (χ4n) is 2.44. The van der Waals surface area contributed by atoms with Crippen molar-refractivity contribution >= 4 is 43.9 Å². The van der Waals surface area contributed by atoms with Crippen molar-refractivity contribution in [2.75, 3.05) is 14.2 Å². The van der Waals surface area contributed by atoms with E-state index >= 15 is 0 Å². The van der Waals surface area contributed by atoms with Crippen molar-refractivity contribution in [1.82, 2.24) is 10.6 Å². The second kappa shape index (κ2) is 7.35. The summed E-state index contributed by atoms with van der Waals surface area (Å²) in [6.45, 7) is 1.86. The molecule has 0 aliphatic carbocycles. The van der Waals surface area contributed by atoms with Crippen LogP contribution in [0.15, 0.2) is 32.3 Å². The quantitative estimate of drug-likeness (QED) is 0.693. The van der Waals surface area contributed by atoms with Crippen LogP contribution in [-0.4, -0.2) is 26.2 Å².